The third-order valence-electron chi connectivity index (χ3n) is 3.23. The van der Waals surface area contributed by atoms with Crippen LogP contribution in [-0.2, 0) is 4.74 Å². The Morgan fingerprint density at radius 2 is 2.05 bits per heavy atom. The number of hydrogen-bond donors (Lipinski definition) is 0. The molecule has 1 aromatic rings. The molecule has 0 aromatic carbocycles. The molecule has 20 heavy (non-hydrogen) atoms. The molecule has 1 atom stereocenters. The number of nitrogens with zero attached hydrogens (tertiary/aromatic N) is 4. The topological polar surface area (TPSA) is 58.6 Å². The van der Waals surface area contributed by atoms with E-state index in [1.807, 2.05) is 32.7 Å². The normalized spacial score (nSPS) is 19.0. The number of carbonyl (C=O) groups is 1. The fourth-order valence-corrected chi connectivity index (χ4v) is 2.19. The second kappa shape index (κ2) is 5.64. The van der Waals surface area contributed by atoms with Crippen LogP contribution >= 0.6 is 0 Å². The Morgan fingerprint density at radius 1 is 1.40 bits per heavy atom. The molecule has 1 aliphatic rings. The maximum atomic E-state index is 12.0. The lowest BCUT2D eigenvalue weighted by atomic mass is 10.2. The molecular formula is C14H22N4O2. The molecule has 110 valence electrons. The van der Waals surface area contributed by atoms with Crippen molar-refractivity contribution in [3.05, 3.63) is 18.5 Å². The largest absolute Gasteiger partial charge is 0.444 e. The highest BCUT2D eigenvalue weighted by molar-refractivity contribution is 5.68. The van der Waals surface area contributed by atoms with Gasteiger partial charge >= 0.3 is 6.09 Å². The number of likely N-dealkylation sites (tertiary alicyclic amines) is 1. The summed E-state index contributed by atoms with van der Waals surface area (Å²) in [4.78, 5) is 24.2. The molecule has 0 aliphatic carbocycles. The van der Waals surface area contributed by atoms with Crippen LogP contribution < -0.4 is 4.90 Å². The summed E-state index contributed by atoms with van der Waals surface area (Å²) in [6.45, 7) is 6.98. The van der Waals surface area contributed by atoms with Crippen molar-refractivity contribution in [2.24, 2.45) is 0 Å². The van der Waals surface area contributed by atoms with Gasteiger partial charge in [0.25, 0.3) is 0 Å². The predicted molar refractivity (Wildman–Crippen MR) is 76.6 cm³/mol. The van der Waals surface area contributed by atoms with Gasteiger partial charge in [-0.15, -0.1) is 0 Å². The van der Waals surface area contributed by atoms with E-state index in [2.05, 4.69) is 9.97 Å². The number of hydrogen-bond acceptors (Lipinski definition) is 5. The van der Waals surface area contributed by atoms with Crippen molar-refractivity contribution in [1.29, 1.82) is 0 Å². The van der Waals surface area contributed by atoms with Crippen molar-refractivity contribution in [2.75, 3.05) is 25.0 Å². The van der Waals surface area contributed by atoms with Gasteiger partial charge in [-0.3, -0.25) is 0 Å². The number of ether oxygens (including phenoxy) is 1. The molecule has 1 aliphatic heterocycles. The van der Waals surface area contributed by atoms with E-state index in [1.165, 1.54) is 0 Å². The lowest BCUT2D eigenvalue weighted by Crippen LogP contribution is -2.39. The third kappa shape index (κ3) is 3.59. The second-order valence-electron chi connectivity index (χ2n) is 6.03. The van der Waals surface area contributed by atoms with Crippen LogP contribution in [-0.4, -0.2) is 52.7 Å². The minimum atomic E-state index is -0.455. The maximum absolute atomic E-state index is 12.0. The number of likely N-dealkylation sites (N-methyl/N-ethyl adjacent to an activating group) is 1. The first-order valence-corrected chi connectivity index (χ1v) is 6.84. The maximum Gasteiger partial charge on any atom is 0.410 e. The number of aromatic nitrogens is 2. The molecule has 2 heterocycles. The van der Waals surface area contributed by atoms with E-state index in [9.17, 15) is 4.79 Å². The number of rotatable bonds is 2. The Hall–Kier alpha value is -1.85. The third-order valence-corrected chi connectivity index (χ3v) is 3.23. The Morgan fingerprint density at radius 3 is 2.65 bits per heavy atom. The summed E-state index contributed by atoms with van der Waals surface area (Å²) in [5, 5.41) is 0. The van der Waals surface area contributed by atoms with Crippen molar-refractivity contribution in [1.82, 2.24) is 14.9 Å². The van der Waals surface area contributed by atoms with Gasteiger partial charge in [0, 0.05) is 32.5 Å². The van der Waals surface area contributed by atoms with E-state index < -0.39 is 5.60 Å². The summed E-state index contributed by atoms with van der Waals surface area (Å²) >= 11 is 0. The van der Waals surface area contributed by atoms with Crippen molar-refractivity contribution < 1.29 is 9.53 Å². The lowest BCUT2D eigenvalue weighted by Gasteiger charge is -2.26. The molecule has 6 nitrogen and oxygen atoms in total. The van der Waals surface area contributed by atoms with Crippen LogP contribution in [0.15, 0.2) is 18.5 Å². The molecule has 0 spiro atoms. The smallest absolute Gasteiger partial charge is 0.410 e. The summed E-state index contributed by atoms with van der Waals surface area (Å²) in [5.41, 5.74) is -0.455. The van der Waals surface area contributed by atoms with Gasteiger partial charge in [-0.25, -0.2) is 14.8 Å². The summed E-state index contributed by atoms with van der Waals surface area (Å²) in [7, 11) is 1.96. The minimum absolute atomic E-state index is 0.227. The summed E-state index contributed by atoms with van der Waals surface area (Å²) in [5.74, 6) is 0.684. The summed E-state index contributed by atoms with van der Waals surface area (Å²) in [6.07, 6.45) is 4.09. The first-order valence-electron chi connectivity index (χ1n) is 6.84. The number of anilines is 1. The predicted octanol–water partition coefficient (Wildman–Crippen LogP) is 1.92. The molecule has 1 saturated heterocycles. The molecule has 1 fully saturated rings. The zero-order chi connectivity index (χ0) is 14.8. The average molecular weight is 278 g/mol. The van der Waals surface area contributed by atoms with Crippen molar-refractivity contribution in [2.45, 2.75) is 38.8 Å². The van der Waals surface area contributed by atoms with Crippen molar-refractivity contribution >= 4 is 12.0 Å². The fraction of sp³-hybridized carbons (Fsp3) is 0.643. The van der Waals surface area contributed by atoms with E-state index in [4.69, 9.17) is 4.74 Å². The Bertz CT molecular complexity index is 458. The molecule has 6 heteroatoms. The molecule has 0 unspecified atom stereocenters. The number of carbonyl (C=O) groups excluding carboxylic acids is 1. The molecular weight excluding hydrogens is 256 g/mol. The van der Waals surface area contributed by atoms with Gasteiger partial charge in [0.05, 0.1) is 6.04 Å². The average Bonchev–Trinajstić information content (AvgIpc) is 2.86. The van der Waals surface area contributed by atoms with Crippen LogP contribution in [0.2, 0.25) is 0 Å². The minimum Gasteiger partial charge on any atom is -0.444 e. The molecule has 0 saturated carbocycles. The van der Waals surface area contributed by atoms with Crippen LogP contribution in [0.1, 0.15) is 27.2 Å². The lowest BCUT2D eigenvalue weighted by molar-refractivity contribution is 0.0292. The van der Waals surface area contributed by atoms with Crippen molar-refractivity contribution in [3.8, 4) is 0 Å². The van der Waals surface area contributed by atoms with Gasteiger partial charge in [0.15, 0.2) is 0 Å². The Labute approximate surface area is 119 Å². The van der Waals surface area contributed by atoms with Gasteiger partial charge in [-0.2, -0.15) is 0 Å². The van der Waals surface area contributed by atoms with E-state index in [0.717, 1.165) is 6.42 Å². The molecule has 2 rings (SSSR count). The molecule has 0 radical (unpaired) electrons. The standard InChI is InChI=1S/C14H22N4O2/c1-14(2,3)20-13(19)18-9-6-11(10-18)17(4)12-15-7-5-8-16-12/h5,7-8,11H,6,9-10H2,1-4H3/t11-/m0/s1. The van der Waals surface area contributed by atoms with Gasteiger partial charge in [0.2, 0.25) is 5.95 Å². The van der Waals surface area contributed by atoms with Crippen molar-refractivity contribution in [3.63, 3.8) is 0 Å². The summed E-state index contributed by atoms with van der Waals surface area (Å²) < 4.78 is 5.39. The van der Waals surface area contributed by atoms with Gasteiger partial charge < -0.3 is 14.5 Å². The van der Waals surface area contributed by atoms with E-state index in [0.29, 0.717) is 19.0 Å². The van der Waals surface area contributed by atoms with E-state index in [-0.39, 0.29) is 12.1 Å². The van der Waals surface area contributed by atoms with Crippen LogP contribution in [0.3, 0.4) is 0 Å². The SMILES string of the molecule is CN(c1ncccn1)[C@H]1CCN(C(=O)OC(C)(C)C)C1. The van der Waals surface area contributed by atoms with Crippen LogP contribution in [0.25, 0.3) is 0 Å². The monoisotopic (exact) mass is 278 g/mol. The highest BCUT2D eigenvalue weighted by Gasteiger charge is 2.32. The van der Waals surface area contributed by atoms with E-state index >= 15 is 0 Å². The fourth-order valence-electron chi connectivity index (χ4n) is 2.19. The second-order valence-corrected chi connectivity index (χ2v) is 6.03. The molecule has 1 aromatic heterocycles. The van der Waals surface area contributed by atoms with Crippen LogP contribution in [0.4, 0.5) is 10.7 Å². The highest BCUT2D eigenvalue weighted by Crippen LogP contribution is 2.20. The first-order chi connectivity index (χ1) is 9.37. The number of amides is 1. The molecule has 0 bridgehead atoms. The zero-order valence-corrected chi connectivity index (χ0v) is 12.5. The van der Waals surface area contributed by atoms with E-state index in [1.54, 1.807) is 23.4 Å². The van der Waals surface area contributed by atoms with Crippen LogP contribution in [0, 0.1) is 0 Å². The molecule has 0 N–H and O–H groups in total. The van der Waals surface area contributed by atoms with Gasteiger partial charge in [-0.1, -0.05) is 0 Å². The van der Waals surface area contributed by atoms with Crippen LogP contribution in [0.5, 0.6) is 0 Å². The molecule has 1 amide bonds. The van der Waals surface area contributed by atoms with Gasteiger partial charge in [0.1, 0.15) is 5.60 Å². The highest BCUT2D eigenvalue weighted by atomic mass is 16.6. The quantitative estimate of drug-likeness (QED) is 0.827. The Balaban J connectivity index is 1.94. The van der Waals surface area contributed by atoms with Gasteiger partial charge in [-0.05, 0) is 33.3 Å². The zero-order valence-electron chi connectivity index (χ0n) is 12.5. The summed E-state index contributed by atoms with van der Waals surface area (Å²) in [6, 6.07) is 2.02. The first kappa shape index (κ1) is 14.6. The Kier molecular flexibility index (Phi) is 4.11.